The van der Waals surface area contributed by atoms with Crippen LogP contribution in [0.25, 0.3) is 0 Å². The zero-order chi connectivity index (χ0) is 26.3. The monoisotopic (exact) mass is 517 g/mol. The van der Waals surface area contributed by atoms with E-state index in [-0.39, 0.29) is 16.2 Å². The molecule has 6 rings (SSSR count). The minimum Gasteiger partial charge on any atom is -0.411 e. The Morgan fingerprint density at radius 2 is 1.24 bits per heavy atom. The molecule has 2 saturated heterocycles. The first-order chi connectivity index (χ1) is 17.7. The Morgan fingerprint density at radius 1 is 0.784 bits per heavy atom. The van der Waals surface area contributed by atoms with Crippen LogP contribution in [0.4, 0.5) is 0 Å². The molecule has 2 heterocycles. The molecule has 7 nitrogen and oxygen atoms in total. The normalized spacial score (nSPS) is 39.8. The van der Waals surface area contributed by atoms with E-state index in [1.807, 2.05) is 0 Å². The third-order valence-electron chi connectivity index (χ3n) is 12.3. The van der Waals surface area contributed by atoms with Gasteiger partial charge in [-0.1, -0.05) is 32.9 Å². The topological polar surface area (TPSA) is 74.6 Å². The first kappa shape index (κ1) is 27.5. The van der Waals surface area contributed by atoms with Crippen LogP contribution in [0.5, 0.6) is 0 Å². The summed E-state index contributed by atoms with van der Waals surface area (Å²) in [7, 11) is 0. The van der Waals surface area contributed by atoms with Crippen LogP contribution in [-0.4, -0.2) is 92.2 Å². The number of ketones is 1. The molecular formula is C30H51N3O4. The maximum absolute atomic E-state index is 12.4. The molecule has 210 valence electrons. The molecule has 37 heavy (non-hydrogen) atoms. The van der Waals surface area contributed by atoms with Gasteiger partial charge in [0.2, 0.25) is 0 Å². The van der Waals surface area contributed by atoms with Crippen molar-refractivity contribution in [1.29, 1.82) is 0 Å². The van der Waals surface area contributed by atoms with Gasteiger partial charge in [-0.05, 0) is 80.7 Å². The summed E-state index contributed by atoms with van der Waals surface area (Å²) in [6.45, 7) is 19.2. The summed E-state index contributed by atoms with van der Waals surface area (Å²) >= 11 is 0. The maximum atomic E-state index is 12.4. The van der Waals surface area contributed by atoms with E-state index in [1.54, 1.807) is 0 Å². The maximum Gasteiger partial charge on any atom is 0.139 e. The number of hydrogen-bond donors (Lipinski definition) is 1. The fourth-order valence-corrected chi connectivity index (χ4v) is 9.23. The summed E-state index contributed by atoms with van der Waals surface area (Å²) in [5.74, 6) is 1.91. The van der Waals surface area contributed by atoms with Gasteiger partial charge in [0.15, 0.2) is 0 Å². The van der Waals surface area contributed by atoms with Crippen LogP contribution in [0.1, 0.15) is 79.1 Å². The Balaban J connectivity index is 0.000000152. The first-order valence-corrected chi connectivity index (χ1v) is 15.0. The van der Waals surface area contributed by atoms with Gasteiger partial charge in [-0.25, -0.2) is 0 Å². The van der Waals surface area contributed by atoms with E-state index in [0.717, 1.165) is 104 Å². The SMILES string of the molecule is CC1(C)C2CCC1(CCN1CCOCC1)/C(=N\O)C2.CC1(C)C2CCC1(CCN1CCOCC1)C(=O)C2. The Hall–Kier alpha value is -1.02. The minimum absolute atomic E-state index is 0.00400. The molecule has 4 unspecified atom stereocenters. The average molecular weight is 518 g/mol. The number of carbonyl (C=O) groups excluding carboxylic acids is 1. The zero-order valence-electron chi connectivity index (χ0n) is 23.9. The number of Topliss-reactive ketones (excluding diaryl/α,β-unsaturated/α-hetero) is 1. The number of morpholine rings is 2. The smallest absolute Gasteiger partial charge is 0.139 e. The molecule has 2 aliphatic heterocycles. The lowest BCUT2D eigenvalue weighted by Gasteiger charge is -2.40. The standard InChI is InChI=1S/C15H26N2O2.C15H25NO2/c1-14(2)12-3-4-15(14,13(11-12)16-18)5-6-17-7-9-19-10-8-17;1-14(2)12-3-4-15(14,13(17)11-12)5-6-16-7-9-18-10-8-16/h12,18H,3-11H2,1-2H3;12H,3-11H2,1-2H3/b16-13-;. The molecule has 6 aliphatic rings. The molecule has 0 aromatic rings. The Labute approximate surface area is 224 Å². The molecule has 7 heteroatoms. The predicted octanol–water partition coefficient (Wildman–Crippen LogP) is 4.47. The number of carbonyl (C=O) groups is 1. The van der Waals surface area contributed by atoms with Crippen molar-refractivity contribution in [2.24, 2.45) is 38.7 Å². The molecule has 4 saturated carbocycles. The fourth-order valence-electron chi connectivity index (χ4n) is 9.23. The van der Waals surface area contributed by atoms with Gasteiger partial charge < -0.3 is 14.7 Å². The molecule has 0 radical (unpaired) electrons. The molecule has 4 aliphatic carbocycles. The van der Waals surface area contributed by atoms with Crippen LogP contribution in [0, 0.1) is 33.5 Å². The number of ether oxygens (including phenoxy) is 2. The van der Waals surface area contributed by atoms with Crippen molar-refractivity contribution in [2.45, 2.75) is 79.1 Å². The van der Waals surface area contributed by atoms with E-state index in [0.29, 0.717) is 23.0 Å². The summed E-state index contributed by atoms with van der Waals surface area (Å²) in [6.07, 6.45) is 8.95. The van der Waals surface area contributed by atoms with Gasteiger partial charge in [-0.2, -0.15) is 0 Å². The lowest BCUT2D eigenvalue weighted by molar-refractivity contribution is -0.130. The minimum atomic E-state index is -0.00400. The van der Waals surface area contributed by atoms with Gasteiger partial charge >= 0.3 is 0 Å². The van der Waals surface area contributed by atoms with Gasteiger partial charge in [-0.15, -0.1) is 0 Å². The second-order valence-electron chi connectivity index (χ2n) is 13.9. The van der Waals surface area contributed by atoms with Crippen molar-refractivity contribution in [1.82, 2.24) is 9.80 Å². The molecule has 4 atom stereocenters. The molecule has 6 fully saturated rings. The van der Waals surface area contributed by atoms with E-state index < -0.39 is 0 Å². The van der Waals surface area contributed by atoms with E-state index >= 15 is 0 Å². The van der Waals surface area contributed by atoms with Crippen molar-refractivity contribution in [3.05, 3.63) is 0 Å². The van der Waals surface area contributed by atoms with Crippen LogP contribution in [0.2, 0.25) is 0 Å². The molecule has 4 bridgehead atoms. The van der Waals surface area contributed by atoms with Crippen molar-refractivity contribution in [3.63, 3.8) is 0 Å². The lowest BCUT2D eigenvalue weighted by atomic mass is 9.66. The van der Waals surface area contributed by atoms with Gasteiger partial charge in [-0.3, -0.25) is 14.6 Å². The Morgan fingerprint density at radius 3 is 1.68 bits per heavy atom. The summed E-state index contributed by atoms with van der Waals surface area (Å²) in [4.78, 5) is 17.4. The molecule has 0 amide bonds. The van der Waals surface area contributed by atoms with Crippen LogP contribution >= 0.6 is 0 Å². The summed E-state index contributed by atoms with van der Waals surface area (Å²) < 4.78 is 10.8. The van der Waals surface area contributed by atoms with Crippen molar-refractivity contribution >= 4 is 11.5 Å². The highest BCUT2D eigenvalue weighted by molar-refractivity contribution is 5.94. The van der Waals surface area contributed by atoms with Crippen LogP contribution in [0.3, 0.4) is 0 Å². The number of fused-ring (bicyclic) bond motifs is 4. The first-order valence-electron chi connectivity index (χ1n) is 15.0. The summed E-state index contributed by atoms with van der Waals surface area (Å²) in [5.41, 5.74) is 1.74. The third-order valence-corrected chi connectivity index (χ3v) is 12.3. The molecule has 0 spiro atoms. The second-order valence-corrected chi connectivity index (χ2v) is 13.9. The summed E-state index contributed by atoms with van der Waals surface area (Å²) in [5, 5.41) is 13.1. The Kier molecular flexibility index (Phi) is 7.83. The Bertz CT molecular complexity index is 861. The lowest BCUT2D eigenvalue weighted by Crippen LogP contribution is -2.43. The zero-order valence-corrected chi connectivity index (χ0v) is 23.9. The average Bonchev–Trinajstić information content (AvgIpc) is 3.46. The van der Waals surface area contributed by atoms with Crippen molar-refractivity contribution in [2.75, 3.05) is 65.7 Å². The van der Waals surface area contributed by atoms with E-state index in [2.05, 4.69) is 42.7 Å². The quantitative estimate of drug-likeness (QED) is 0.414. The number of nitrogens with zero attached hydrogens (tertiary/aromatic N) is 3. The second kappa shape index (κ2) is 10.5. The summed E-state index contributed by atoms with van der Waals surface area (Å²) in [6, 6.07) is 0. The highest BCUT2D eigenvalue weighted by Crippen LogP contribution is 2.66. The van der Waals surface area contributed by atoms with Gasteiger partial charge in [0.05, 0.1) is 32.1 Å². The fraction of sp³-hybridized carbons (Fsp3) is 0.933. The van der Waals surface area contributed by atoms with Gasteiger partial charge in [0, 0.05) is 43.4 Å². The largest absolute Gasteiger partial charge is 0.411 e. The van der Waals surface area contributed by atoms with Crippen LogP contribution in [0.15, 0.2) is 5.16 Å². The van der Waals surface area contributed by atoms with Crippen LogP contribution < -0.4 is 0 Å². The van der Waals surface area contributed by atoms with Crippen molar-refractivity contribution < 1.29 is 19.5 Å². The van der Waals surface area contributed by atoms with Crippen molar-refractivity contribution in [3.8, 4) is 0 Å². The highest BCUT2D eigenvalue weighted by Gasteiger charge is 2.64. The number of oxime groups is 1. The highest BCUT2D eigenvalue weighted by atomic mass is 16.5. The molecule has 0 aromatic carbocycles. The molecule has 1 N–H and O–H groups in total. The van der Waals surface area contributed by atoms with E-state index in [1.165, 1.54) is 19.3 Å². The van der Waals surface area contributed by atoms with E-state index in [9.17, 15) is 10.0 Å². The number of hydrogen-bond acceptors (Lipinski definition) is 7. The number of rotatable bonds is 6. The van der Waals surface area contributed by atoms with Gasteiger partial charge in [0.1, 0.15) is 5.78 Å². The van der Waals surface area contributed by atoms with Gasteiger partial charge in [0.25, 0.3) is 0 Å². The van der Waals surface area contributed by atoms with Crippen LogP contribution in [-0.2, 0) is 14.3 Å². The molecule has 0 aromatic heterocycles. The third kappa shape index (κ3) is 4.60. The van der Waals surface area contributed by atoms with E-state index in [4.69, 9.17) is 9.47 Å². The predicted molar refractivity (Wildman–Crippen MR) is 145 cm³/mol. The molecular weight excluding hydrogens is 466 g/mol.